The van der Waals surface area contributed by atoms with Gasteiger partial charge in [-0.15, -0.1) is 0 Å². The van der Waals surface area contributed by atoms with E-state index < -0.39 is 43.3 Å². The van der Waals surface area contributed by atoms with Gasteiger partial charge in [0, 0.05) is 51.4 Å². The standard InChI is InChI=1S/C48H24N8.C13H15NO7S2.Cu/c1-2-10-26-18-34-33(17-25(26)9-1)41-49-42(34)54-44-37-21-29-13-5-6-14-30(29)22-38(37)46(51-44)56-48-40-24-32-16-8-7-15-31(32)23-39(40)47(52-48)55-45-36-20-28-12-4-3-11-27(28)19-35(36)43(50-45)53-41;1-2-14-12(15)10-5-4-9(8-11(10)13(14)16)22(17,18)6-3-7-23(19,20)21;/h1-24H;4-5,8H,2-3,6-7H2,1H3,(H,19,20,21);/q-2;;+2. The Morgan fingerprint density at radius 1 is 0.412 bits per heavy atom. The number of sulfone groups is 1. The molecule has 15 rings (SSSR count). The van der Waals surface area contributed by atoms with E-state index >= 15 is 0 Å². The number of carbonyl (C=O) groups excluding carboxylic acids is 2. The topological polar surface area (TPSA) is 231 Å². The zero-order valence-corrected chi connectivity index (χ0v) is 44.5. The van der Waals surface area contributed by atoms with E-state index in [2.05, 4.69) is 97.1 Å². The van der Waals surface area contributed by atoms with Crippen LogP contribution in [0.3, 0.4) is 0 Å². The maximum Gasteiger partial charge on any atom is 2.00 e. The first-order valence-corrected chi connectivity index (χ1v) is 28.5. The molecule has 0 saturated heterocycles. The molecule has 9 aromatic carbocycles. The van der Waals surface area contributed by atoms with Gasteiger partial charge in [0.25, 0.3) is 21.9 Å². The molecule has 0 aliphatic carbocycles. The number of carbonyl (C=O) groups is 2. The maximum atomic E-state index is 12.2. The van der Waals surface area contributed by atoms with Crippen molar-refractivity contribution in [3.63, 3.8) is 0 Å². The van der Waals surface area contributed by atoms with E-state index in [0.717, 1.165) is 97.9 Å². The smallest absolute Gasteiger partial charge is 0.357 e. The molecular formula is C61H39CuN9O7S2. The van der Waals surface area contributed by atoms with Gasteiger partial charge in [0.05, 0.1) is 50.8 Å². The van der Waals surface area contributed by atoms with Crippen molar-refractivity contribution in [1.29, 1.82) is 0 Å². The first kappa shape index (κ1) is 50.4. The predicted molar refractivity (Wildman–Crippen MR) is 305 cm³/mol. The van der Waals surface area contributed by atoms with Gasteiger partial charge >= 0.3 is 17.1 Å². The molecule has 3 aliphatic rings. The number of hydrogen-bond acceptors (Lipinski definition) is 12. The van der Waals surface area contributed by atoms with E-state index in [0.29, 0.717) is 45.9 Å². The zero-order chi connectivity index (χ0) is 53.9. The fourth-order valence-corrected chi connectivity index (χ4v) is 12.7. The monoisotopic (exact) mass is 1140 g/mol. The van der Waals surface area contributed by atoms with Gasteiger partial charge in [-0.3, -0.25) is 19.0 Å². The summed E-state index contributed by atoms with van der Waals surface area (Å²) >= 11 is 0. The third-order valence-corrected chi connectivity index (χ3v) is 17.2. The van der Waals surface area contributed by atoms with Gasteiger partial charge in [-0.05, 0) is 145 Å². The van der Waals surface area contributed by atoms with E-state index in [-0.39, 0.29) is 46.1 Å². The normalized spacial score (nSPS) is 12.9. The molecule has 1 radical (unpaired) electrons. The summed E-state index contributed by atoms with van der Waals surface area (Å²) in [5, 5.41) is 12.2. The Morgan fingerprint density at radius 2 is 0.738 bits per heavy atom. The van der Waals surface area contributed by atoms with Crippen molar-refractivity contribution in [2.75, 3.05) is 18.1 Å². The molecule has 1 N–H and O–H groups in total. The van der Waals surface area contributed by atoms with Crippen molar-refractivity contribution in [1.82, 2.24) is 44.8 Å². The number of imide groups is 1. The molecular weight excluding hydrogens is 1100 g/mol. The van der Waals surface area contributed by atoms with Crippen LogP contribution in [0.5, 0.6) is 0 Å². The Hall–Kier alpha value is -9.10. The molecule has 80 heavy (non-hydrogen) atoms. The van der Waals surface area contributed by atoms with Crippen molar-refractivity contribution >= 4 is 119 Å². The molecule has 0 atom stereocenters. The van der Waals surface area contributed by atoms with Crippen LogP contribution in [-0.2, 0) is 37.0 Å². The van der Waals surface area contributed by atoms with Gasteiger partial charge in [-0.25, -0.2) is 18.4 Å². The van der Waals surface area contributed by atoms with Crippen LogP contribution < -0.4 is 9.97 Å². The van der Waals surface area contributed by atoms with Gasteiger partial charge in [0.1, 0.15) is 0 Å². The first-order valence-electron chi connectivity index (χ1n) is 25.3. The van der Waals surface area contributed by atoms with Crippen LogP contribution in [0.2, 0.25) is 0 Å². The number of fused-ring (bicyclic) bond motifs is 25. The molecule has 16 nitrogen and oxygen atoms in total. The fourth-order valence-electron chi connectivity index (χ4n) is 10.7. The van der Waals surface area contributed by atoms with Gasteiger partial charge in [0.15, 0.2) is 9.84 Å². The predicted octanol–water partition coefficient (Wildman–Crippen LogP) is 11.1. The minimum Gasteiger partial charge on any atom is -0.357 e. The molecule has 19 heteroatoms. The van der Waals surface area contributed by atoms with Gasteiger partial charge < -0.3 is 29.9 Å². The Morgan fingerprint density at radius 3 is 1.06 bits per heavy atom. The van der Waals surface area contributed by atoms with E-state index in [1.165, 1.54) is 12.1 Å². The van der Waals surface area contributed by atoms with Crippen LogP contribution >= 0.6 is 0 Å². The summed E-state index contributed by atoms with van der Waals surface area (Å²) in [5.41, 5.74) is 5.84. The average molecular weight is 1140 g/mol. The molecule has 0 saturated carbocycles. The summed E-state index contributed by atoms with van der Waals surface area (Å²) in [6.07, 6.45) is -0.272. The quantitative estimate of drug-likeness (QED) is 0.0927. The minimum atomic E-state index is -4.23. The second-order valence-electron chi connectivity index (χ2n) is 19.5. The van der Waals surface area contributed by atoms with E-state index in [4.69, 9.17) is 44.4 Å². The third-order valence-electron chi connectivity index (χ3n) is 14.6. The molecule has 0 spiro atoms. The Bertz CT molecular complexity index is 4650. The molecule has 0 unspecified atom stereocenters. The second-order valence-corrected chi connectivity index (χ2v) is 23.2. The van der Waals surface area contributed by atoms with Crippen molar-refractivity contribution in [3.8, 4) is 45.6 Å². The number of amides is 2. The fraction of sp³-hybridized carbons (Fsp3) is 0.0820. The molecule has 12 aromatic rings. The summed E-state index contributed by atoms with van der Waals surface area (Å²) in [7, 11) is -8.06. The number of aromatic nitrogens is 8. The van der Waals surface area contributed by atoms with Crippen molar-refractivity contribution in [3.05, 3.63) is 175 Å². The summed E-state index contributed by atoms with van der Waals surface area (Å²) in [6.45, 7) is 1.82. The van der Waals surface area contributed by atoms with Crippen LogP contribution in [0.15, 0.2) is 169 Å². The first-order chi connectivity index (χ1) is 38.2. The van der Waals surface area contributed by atoms with Crippen molar-refractivity contribution in [2.24, 2.45) is 0 Å². The Balaban J connectivity index is 0.000000214. The molecule has 6 heterocycles. The SMILES string of the molecule is CCN1C(=O)c2ccc(S(=O)(=O)CCCS(=O)(=O)O)cc2C1=O.[Cu+2].c1ccc2cc3c(cc2c1)-c1nc-3nc2[n-]c(nc3nc(nc4[n-]c(n1)c1cc5ccccc5cc41)-c1cc4ccccc4cc1-3)c1cc3ccccc3cc21. The summed E-state index contributed by atoms with van der Waals surface area (Å²) in [6, 6.07) is 54.0. The number of hydrogen-bond donors (Lipinski definition) is 1. The number of rotatable bonds is 6. The summed E-state index contributed by atoms with van der Waals surface area (Å²) < 4.78 is 54.2. The maximum absolute atomic E-state index is 12.2. The van der Waals surface area contributed by atoms with Crippen LogP contribution in [0, 0.1) is 0 Å². The van der Waals surface area contributed by atoms with Gasteiger partial charge in [-0.1, -0.05) is 97.1 Å². The molecule has 3 aliphatic heterocycles. The molecule has 393 valence electrons. The number of benzene rings is 9. The van der Waals surface area contributed by atoms with E-state index in [1.807, 2.05) is 48.5 Å². The molecule has 8 bridgehead atoms. The summed E-state index contributed by atoms with van der Waals surface area (Å²) in [4.78, 5) is 66.4. The van der Waals surface area contributed by atoms with Gasteiger partial charge in [0.2, 0.25) is 0 Å². The average Bonchev–Trinajstić information content (AvgIpc) is 4.34. The van der Waals surface area contributed by atoms with E-state index in [1.54, 1.807) is 6.92 Å². The summed E-state index contributed by atoms with van der Waals surface area (Å²) in [5.74, 6) is -0.0470. The minimum absolute atomic E-state index is 0. The van der Waals surface area contributed by atoms with Crippen LogP contribution in [0.25, 0.3) is 133 Å². The van der Waals surface area contributed by atoms with E-state index in [9.17, 15) is 26.4 Å². The second kappa shape index (κ2) is 19.1. The van der Waals surface area contributed by atoms with Crippen LogP contribution in [0.1, 0.15) is 34.1 Å². The van der Waals surface area contributed by atoms with Crippen molar-refractivity contribution in [2.45, 2.75) is 18.2 Å². The Labute approximate surface area is 465 Å². The number of nitrogens with zero attached hydrogens (tertiary/aromatic N) is 9. The largest absolute Gasteiger partial charge is 2.00 e. The third kappa shape index (κ3) is 8.63. The Kier molecular flexibility index (Phi) is 12.0. The van der Waals surface area contributed by atoms with Crippen molar-refractivity contribution < 1.29 is 48.0 Å². The molecule has 0 fully saturated rings. The van der Waals surface area contributed by atoms with Crippen LogP contribution in [0.4, 0.5) is 0 Å². The van der Waals surface area contributed by atoms with Crippen LogP contribution in [-0.4, -0.2) is 86.1 Å². The zero-order valence-electron chi connectivity index (χ0n) is 42.0. The molecule has 2 amide bonds. The van der Waals surface area contributed by atoms with Gasteiger partial charge in [-0.2, -0.15) is 8.42 Å². The molecule has 3 aromatic heterocycles.